The molecule has 2 aromatic rings. The highest BCUT2D eigenvalue weighted by atomic mass is 16.4. The van der Waals surface area contributed by atoms with Gasteiger partial charge in [-0.25, -0.2) is 14.8 Å². The van der Waals surface area contributed by atoms with E-state index in [1.807, 2.05) is 23.1 Å². The fourth-order valence-electron chi connectivity index (χ4n) is 2.66. The Morgan fingerprint density at radius 3 is 2.70 bits per heavy atom. The first-order valence-corrected chi connectivity index (χ1v) is 6.60. The number of hydrogen-bond donors (Lipinski definition) is 1. The summed E-state index contributed by atoms with van der Waals surface area (Å²) in [7, 11) is 0. The zero-order valence-corrected chi connectivity index (χ0v) is 10.9. The molecule has 3 rings (SSSR count). The summed E-state index contributed by atoms with van der Waals surface area (Å²) in [6.07, 6.45) is 3.95. The van der Waals surface area contributed by atoms with Gasteiger partial charge in [-0.15, -0.1) is 0 Å². The Morgan fingerprint density at radius 2 is 1.95 bits per heavy atom. The van der Waals surface area contributed by atoms with E-state index in [9.17, 15) is 9.90 Å². The van der Waals surface area contributed by atoms with Gasteiger partial charge in [0.2, 0.25) is 0 Å². The van der Waals surface area contributed by atoms with Crippen LogP contribution in [0.1, 0.15) is 28.4 Å². The van der Waals surface area contributed by atoms with Crippen LogP contribution in [0.2, 0.25) is 0 Å². The molecular weight excluding hydrogens is 254 g/mol. The third kappa shape index (κ3) is 2.34. The summed E-state index contributed by atoms with van der Waals surface area (Å²) >= 11 is 0. The van der Waals surface area contributed by atoms with Crippen molar-refractivity contribution in [3.63, 3.8) is 0 Å². The van der Waals surface area contributed by atoms with Crippen molar-refractivity contribution in [1.82, 2.24) is 9.97 Å². The van der Waals surface area contributed by atoms with E-state index < -0.39 is 5.97 Å². The lowest BCUT2D eigenvalue weighted by molar-refractivity contribution is 0.0691. The molecule has 1 saturated heterocycles. The van der Waals surface area contributed by atoms with E-state index in [1.54, 1.807) is 0 Å². The van der Waals surface area contributed by atoms with Gasteiger partial charge in [-0.3, -0.25) is 0 Å². The number of anilines is 1. The van der Waals surface area contributed by atoms with E-state index in [0.29, 0.717) is 11.7 Å². The quantitative estimate of drug-likeness (QED) is 0.925. The molecule has 1 aromatic carbocycles. The lowest BCUT2D eigenvalue weighted by Crippen LogP contribution is -2.23. The van der Waals surface area contributed by atoms with Crippen molar-refractivity contribution in [3.05, 3.63) is 54.0 Å². The van der Waals surface area contributed by atoms with Gasteiger partial charge in [0.25, 0.3) is 0 Å². The van der Waals surface area contributed by atoms with Crippen LogP contribution in [-0.2, 0) is 0 Å². The molecule has 1 aliphatic rings. The summed E-state index contributed by atoms with van der Waals surface area (Å²) in [5.41, 5.74) is 1.32. The molecule has 0 aliphatic carbocycles. The number of nitrogens with zero attached hydrogens (tertiary/aromatic N) is 3. The predicted octanol–water partition coefficient (Wildman–Crippen LogP) is 2.17. The smallest absolute Gasteiger partial charge is 0.358 e. The number of rotatable bonds is 3. The van der Waals surface area contributed by atoms with Crippen LogP contribution in [0.4, 0.5) is 5.82 Å². The molecule has 0 saturated carbocycles. The van der Waals surface area contributed by atoms with Crippen LogP contribution < -0.4 is 4.90 Å². The largest absolute Gasteiger partial charge is 0.476 e. The van der Waals surface area contributed by atoms with Crippen LogP contribution in [0.15, 0.2) is 42.7 Å². The van der Waals surface area contributed by atoms with Crippen LogP contribution in [0.25, 0.3) is 0 Å². The number of carboxylic acids is 1. The van der Waals surface area contributed by atoms with Crippen molar-refractivity contribution in [2.45, 2.75) is 12.3 Å². The maximum Gasteiger partial charge on any atom is 0.358 e. The van der Waals surface area contributed by atoms with E-state index in [1.165, 1.54) is 18.0 Å². The molecule has 1 atom stereocenters. The molecule has 1 aromatic heterocycles. The zero-order valence-electron chi connectivity index (χ0n) is 10.9. The molecule has 0 spiro atoms. The van der Waals surface area contributed by atoms with E-state index in [4.69, 9.17) is 0 Å². The average molecular weight is 269 g/mol. The highest BCUT2D eigenvalue weighted by Gasteiger charge is 2.28. The minimum atomic E-state index is -1.03. The Morgan fingerprint density at radius 1 is 1.20 bits per heavy atom. The van der Waals surface area contributed by atoms with Crippen molar-refractivity contribution in [1.29, 1.82) is 0 Å². The summed E-state index contributed by atoms with van der Waals surface area (Å²) in [6, 6.07) is 10.3. The zero-order chi connectivity index (χ0) is 13.9. The van der Waals surface area contributed by atoms with Crippen molar-refractivity contribution in [3.8, 4) is 0 Å². The van der Waals surface area contributed by atoms with Crippen LogP contribution in [0, 0.1) is 0 Å². The minimum absolute atomic E-state index is 0.0289. The molecule has 1 N–H and O–H groups in total. The number of hydrogen-bond acceptors (Lipinski definition) is 4. The third-order valence-corrected chi connectivity index (χ3v) is 3.64. The van der Waals surface area contributed by atoms with Crippen LogP contribution in [0.3, 0.4) is 0 Å². The standard InChI is InChI=1S/C15H15N3O2/c19-15(20)13-14(17-8-7-16-13)18-9-6-12(10-18)11-4-2-1-3-5-11/h1-5,7-8,12H,6,9-10H2,(H,19,20). The van der Waals surface area contributed by atoms with Crippen molar-refractivity contribution >= 4 is 11.8 Å². The van der Waals surface area contributed by atoms with Crippen LogP contribution >= 0.6 is 0 Å². The molecule has 5 heteroatoms. The maximum atomic E-state index is 11.2. The minimum Gasteiger partial charge on any atom is -0.476 e. The SMILES string of the molecule is O=C(O)c1nccnc1N1CCC(c2ccccc2)C1. The molecule has 2 heterocycles. The monoisotopic (exact) mass is 269 g/mol. The van der Waals surface area contributed by atoms with Gasteiger partial charge in [-0.2, -0.15) is 0 Å². The van der Waals surface area contributed by atoms with Crippen LogP contribution in [0.5, 0.6) is 0 Å². The molecule has 0 bridgehead atoms. The molecular formula is C15H15N3O2. The van der Waals surface area contributed by atoms with Crippen molar-refractivity contribution in [2.24, 2.45) is 0 Å². The van der Waals surface area contributed by atoms with Crippen LogP contribution in [-0.4, -0.2) is 34.1 Å². The fraction of sp³-hybridized carbons (Fsp3) is 0.267. The number of carboxylic acid groups (broad SMARTS) is 1. The number of aromatic carboxylic acids is 1. The second kappa shape index (κ2) is 5.28. The van der Waals surface area contributed by atoms with Gasteiger partial charge in [0.15, 0.2) is 11.5 Å². The first kappa shape index (κ1) is 12.6. The van der Waals surface area contributed by atoms with Gasteiger partial charge in [-0.1, -0.05) is 30.3 Å². The second-order valence-electron chi connectivity index (χ2n) is 4.88. The lowest BCUT2D eigenvalue weighted by Gasteiger charge is -2.18. The summed E-state index contributed by atoms with van der Waals surface area (Å²) in [6.45, 7) is 1.58. The third-order valence-electron chi connectivity index (χ3n) is 3.64. The van der Waals surface area contributed by atoms with Gasteiger partial charge < -0.3 is 10.0 Å². The van der Waals surface area contributed by atoms with E-state index in [-0.39, 0.29) is 5.69 Å². The van der Waals surface area contributed by atoms with E-state index in [2.05, 4.69) is 22.1 Å². The first-order valence-electron chi connectivity index (χ1n) is 6.60. The van der Waals surface area contributed by atoms with Gasteiger partial charge in [-0.05, 0) is 12.0 Å². The number of benzene rings is 1. The molecule has 0 amide bonds. The highest BCUT2D eigenvalue weighted by Crippen LogP contribution is 2.30. The summed E-state index contributed by atoms with van der Waals surface area (Å²) in [5, 5.41) is 9.18. The molecule has 1 aliphatic heterocycles. The first-order chi connectivity index (χ1) is 9.75. The Labute approximate surface area is 116 Å². The molecule has 0 radical (unpaired) electrons. The Kier molecular flexibility index (Phi) is 3.33. The molecule has 20 heavy (non-hydrogen) atoms. The average Bonchev–Trinajstić information content (AvgIpc) is 2.98. The summed E-state index contributed by atoms with van der Waals surface area (Å²) < 4.78 is 0. The van der Waals surface area contributed by atoms with Gasteiger partial charge in [0.1, 0.15) is 0 Å². The predicted molar refractivity (Wildman–Crippen MR) is 75.0 cm³/mol. The maximum absolute atomic E-state index is 11.2. The molecule has 102 valence electrons. The normalized spacial score (nSPS) is 18.2. The Bertz CT molecular complexity index is 616. The molecule has 1 unspecified atom stereocenters. The number of carbonyl (C=O) groups is 1. The van der Waals surface area contributed by atoms with Crippen molar-refractivity contribution < 1.29 is 9.90 Å². The highest BCUT2D eigenvalue weighted by molar-refractivity contribution is 5.91. The van der Waals surface area contributed by atoms with Gasteiger partial charge in [0.05, 0.1) is 0 Å². The summed E-state index contributed by atoms with van der Waals surface area (Å²) in [4.78, 5) is 21.3. The summed E-state index contributed by atoms with van der Waals surface area (Å²) in [5.74, 6) is -0.144. The van der Waals surface area contributed by atoms with E-state index >= 15 is 0 Å². The Hall–Kier alpha value is -2.43. The van der Waals surface area contributed by atoms with Gasteiger partial charge >= 0.3 is 5.97 Å². The molecule has 1 fully saturated rings. The number of aromatic nitrogens is 2. The van der Waals surface area contributed by atoms with Gasteiger partial charge in [0, 0.05) is 31.4 Å². The Balaban J connectivity index is 1.83. The van der Waals surface area contributed by atoms with Crippen molar-refractivity contribution in [2.75, 3.05) is 18.0 Å². The fourth-order valence-corrected chi connectivity index (χ4v) is 2.66. The van der Waals surface area contributed by atoms with E-state index in [0.717, 1.165) is 19.5 Å². The molecule has 5 nitrogen and oxygen atoms in total. The second-order valence-corrected chi connectivity index (χ2v) is 4.88. The lowest BCUT2D eigenvalue weighted by atomic mass is 9.99. The topological polar surface area (TPSA) is 66.3 Å².